The number of carboxylic acid groups (broad SMARTS) is 1. The van der Waals surface area contributed by atoms with Crippen LogP contribution in [0.5, 0.6) is 0 Å². The Bertz CT molecular complexity index is 338. The summed E-state index contributed by atoms with van der Waals surface area (Å²) in [5, 5.41) is 8.52. The van der Waals surface area contributed by atoms with Crippen LogP contribution in [0.1, 0.15) is 29.3 Å². The molecule has 1 N–H and O–H groups in total. The fraction of sp³-hybridized carbons (Fsp3) is 0.273. The Morgan fingerprint density at radius 2 is 1.79 bits per heavy atom. The van der Waals surface area contributed by atoms with E-state index in [-0.39, 0.29) is 12.2 Å². The third-order valence-electron chi connectivity index (χ3n) is 1.95. The molecule has 1 aromatic carbocycles. The van der Waals surface area contributed by atoms with E-state index >= 15 is 0 Å². The summed E-state index contributed by atoms with van der Waals surface area (Å²) < 4.78 is 0. The second-order valence-electron chi connectivity index (χ2n) is 3.04. The van der Waals surface area contributed by atoms with Crippen LogP contribution in [-0.2, 0) is 11.2 Å². The minimum Gasteiger partial charge on any atom is -0.481 e. The van der Waals surface area contributed by atoms with E-state index < -0.39 is 5.97 Å². The molecule has 0 unspecified atom stereocenters. The summed E-state index contributed by atoms with van der Waals surface area (Å²) in [6.45, 7) is 1.80. The standard InChI is InChI=1S/C11H12O3/c1-2-10(12)9-5-3-8(4-6-9)7-11(13)14/h3-6H,2,7H2,1H3,(H,13,14). The lowest BCUT2D eigenvalue weighted by molar-refractivity contribution is -0.136. The van der Waals surface area contributed by atoms with Crippen LogP contribution >= 0.6 is 0 Å². The first-order valence-electron chi connectivity index (χ1n) is 4.47. The molecular formula is C11H12O3. The molecule has 0 amide bonds. The summed E-state index contributed by atoms with van der Waals surface area (Å²) in [4.78, 5) is 21.6. The van der Waals surface area contributed by atoms with Crippen molar-refractivity contribution in [2.75, 3.05) is 0 Å². The molecule has 1 rings (SSSR count). The average Bonchev–Trinajstić information content (AvgIpc) is 2.17. The lowest BCUT2D eigenvalue weighted by Crippen LogP contribution is -2.01. The first-order chi connectivity index (χ1) is 6.63. The lowest BCUT2D eigenvalue weighted by Gasteiger charge is -1.99. The van der Waals surface area contributed by atoms with E-state index in [1.54, 1.807) is 31.2 Å². The Morgan fingerprint density at radius 1 is 1.21 bits per heavy atom. The van der Waals surface area contributed by atoms with E-state index in [0.29, 0.717) is 17.5 Å². The second-order valence-corrected chi connectivity index (χ2v) is 3.04. The van der Waals surface area contributed by atoms with Gasteiger partial charge in [0.15, 0.2) is 5.78 Å². The average molecular weight is 192 g/mol. The van der Waals surface area contributed by atoms with Gasteiger partial charge in [-0.05, 0) is 5.56 Å². The number of aliphatic carboxylic acids is 1. The van der Waals surface area contributed by atoms with E-state index in [4.69, 9.17) is 5.11 Å². The fourth-order valence-corrected chi connectivity index (χ4v) is 1.19. The van der Waals surface area contributed by atoms with Crippen molar-refractivity contribution in [3.05, 3.63) is 35.4 Å². The van der Waals surface area contributed by atoms with Crippen molar-refractivity contribution in [1.29, 1.82) is 0 Å². The number of carbonyl (C=O) groups is 2. The Hall–Kier alpha value is -1.64. The Morgan fingerprint density at radius 3 is 2.21 bits per heavy atom. The molecule has 0 aliphatic rings. The topological polar surface area (TPSA) is 54.4 Å². The van der Waals surface area contributed by atoms with E-state index in [9.17, 15) is 9.59 Å². The summed E-state index contributed by atoms with van der Waals surface area (Å²) in [5.74, 6) is -0.786. The Kier molecular flexibility index (Phi) is 3.40. The molecule has 0 radical (unpaired) electrons. The van der Waals surface area contributed by atoms with Crippen LogP contribution in [-0.4, -0.2) is 16.9 Å². The molecule has 0 fully saturated rings. The Labute approximate surface area is 82.4 Å². The van der Waals surface area contributed by atoms with Crippen LogP contribution < -0.4 is 0 Å². The number of ketones is 1. The zero-order valence-corrected chi connectivity index (χ0v) is 7.99. The Balaban J connectivity index is 2.78. The predicted molar refractivity (Wildman–Crippen MR) is 52.4 cm³/mol. The molecule has 3 heteroatoms. The first-order valence-corrected chi connectivity index (χ1v) is 4.47. The van der Waals surface area contributed by atoms with Gasteiger partial charge in [-0.2, -0.15) is 0 Å². The summed E-state index contributed by atoms with van der Waals surface area (Å²) in [6.07, 6.45) is 0.471. The quantitative estimate of drug-likeness (QED) is 0.741. The van der Waals surface area contributed by atoms with Crippen molar-refractivity contribution < 1.29 is 14.7 Å². The minimum absolute atomic E-state index is 0.000591. The van der Waals surface area contributed by atoms with Gasteiger partial charge in [0.05, 0.1) is 6.42 Å². The highest BCUT2D eigenvalue weighted by atomic mass is 16.4. The molecule has 0 aromatic heterocycles. The maximum absolute atomic E-state index is 11.2. The molecule has 0 aliphatic carbocycles. The zero-order valence-electron chi connectivity index (χ0n) is 7.99. The largest absolute Gasteiger partial charge is 0.481 e. The molecule has 0 saturated carbocycles. The van der Waals surface area contributed by atoms with Gasteiger partial charge in [-0.1, -0.05) is 31.2 Å². The summed E-state index contributed by atoms with van der Waals surface area (Å²) in [6, 6.07) is 6.70. The van der Waals surface area contributed by atoms with Crippen molar-refractivity contribution in [2.45, 2.75) is 19.8 Å². The molecule has 0 spiro atoms. The molecule has 0 bridgehead atoms. The zero-order chi connectivity index (χ0) is 10.6. The van der Waals surface area contributed by atoms with Gasteiger partial charge in [-0.25, -0.2) is 0 Å². The predicted octanol–water partition coefficient (Wildman–Crippen LogP) is 1.91. The number of carbonyl (C=O) groups excluding carboxylic acids is 1. The van der Waals surface area contributed by atoms with Gasteiger partial charge in [0, 0.05) is 12.0 Å². The summed E-state index contributed by atoms with van der Waals surface area (Å²) >= 11 is 0. The fourth-order valence-electron chi connectivity index (χ4n) is 1.19. The van der Waals surface area contributed by atoms with Crippen molar-refractivity contribution in [3.63, 3.8) is 0 Å². The number of hydrogen-bond acceptors (Lipinski definition) is 2. The van der Waals surface area contributed by atoms with Crippen LogP contribution in [0.25, 0.3) is 0 Å². The van der Waals surface area contributed by atoms with Crippen molar-refractivity contribution in [2.24, 2.45) is 0 Å². The van der Waals surface area contributed by atoms with Crippen LogP contribution in [0.15, 0.2) is 24.3 Å². The van der Waals surface area contributed by atoms with E-state index in [1.807, 2.05) is 0 Å². The summed E-state index contributed by atoms with van der Waals surface area (Å²) in [5.41, 5.74) is 1.35. The highest BCUT2D eigenvalue weighted by Crippen LogP contribution is 2.07. The van der Waals surface area contributed by atoms with Gasteiger partial charge in [0.25, 0.3) is 0 Å². The van der Waals surface area contributed by atoms with Gasteiger partial charge in [-0.3, -0.25) is 9.59 Å². The van der Waals surface area contributed by atoms with Crippen LogP contribution in [0.3, 0.4) is 0 Å². The maximum atomic E-state index is 11.2. The molecule has 0 atom stereocenters. The SMILES string of the molecule is CCC(=O)c1ccc(CC(=O)O)cc1. The molecule has 0 aliphatic heterocycles. The maximum Gasteiger partial charge on any atom is 0.307 e. The van der Waals surface area contributed by atoms with E-state index in [1.165, 1.54) is 0 Å². The minimum atomic E-state index is -0.862. The van der Waals surface area contributed by atoms with E-state index in [2.05, 4.69) is 0 Å². The second kappa shape index (κ2) is 4.56. The van der Waals surface area contributed by atoms with E-state index in [0.717, 1.165) is 0 Å². The molecule has 14 heavy (non-hydrogen) atoms. The molecule has 1 aromatic rings. The third-order valence-corrected chi connectivity index (χ3v) is 1.95. The molecule has 74 valence electrons. The van der Waals surface area contributed by atoms with Crippen LogP contribution in [0.4, 0.5) is 0 Å². The van der Waals surface area contributed by atoms with Crippen LogP contribution in [0.2, 0.25) is 0 Å². The monoisotopic (exact) mass is 192 g/mol. The third kappa shape index (κ3) is 2.69. The normalized spacial score (nSPS) is 9.79. The number of carboxylic acids is 1. The number of rotatable bonds is 4. The summed E-state index contributed by atoms with van der Waals surface area (Å²) in [7, 11) is 0. The van der Waals surface area contributed by atoms with Crippen molar-refractivity contribution in [1.82, 2.24) is 0 Å². The number of Topliss-reactive ketones (excluding diaryl/α,β-unsaturated/α-hetero) is 1. The van der Waals surface area contributed by atoms with Gasteiger partial charge in [0.2, 0.25) is 0 Å². The highest BCUT2D eigenvalue weighted by Gasteiger charge is 2.04. The molecule has 0 heterocycles. The lowest BCUT2D eigenvalue weighted by atomic mass is 10.1. The van der Waals surface area contributed by atoms with Gasteiger partial charge < -0.3 is 5.11 Å². The van der Waals surface area contributed by atoms with Crippen LogP contribution in [0, 0.1) is 0 Å². The molecule has 3 nitrogen and oxygen atoms in total. The van der Waals surface area contributed by atoms with Crippen molar-refractivity contribution in [3.8, 4) is 0 Å². The molecular weight excluding hydrogens is 180 g/mol. The first kappa shape index (κ1) is 10.4. The van der Waals surface area contributed by atoms with Crippen molar-refractivity contribution >= 4 is 11.8 Å². The van der Waals surface area contributed by atoms with Gasteiger partial charge in [0.1, 0.15) is 0 Å². The smallest absolute Gasteiger partial charge is 0.307 e. The number of benzene rings is 1. The number of hydrogen-bond donors (Lipinski definition) is 1. The molecule has 0 saturated heterocycles. The van der Waals surface area contributed by atoms with Gasteiger partial charge >= 0.3 is 5.97 Å². The highest BCUT2D eigenvalue weighted by molar-refractivity contribution is 5.95. The van der Waals surface area contributed by atoms with Gasteiger partial charge in [-0.15, -0.1) is 0 Å².